The van der Waals surface area contributed by atoms with Gasteiger partial charge in [-0.05, 0) is 90.0 Å². The van der Waals surface area contributed by atoms with E-state index in [-0.39, 0.29) is 0 Å². The Kier molecular flexibility index (Phi) is 7.82. The van der Waals surface area contributed by atoms with E-state index in [1.165, 1.54) is 42.7 Å². The first-order valence-electron chi connectivity index (χ1n) is 17.2. The summed E-state index contributed by atoms with van der Waals surface area (Å²) in [6.07, 6.45) is 8.69. The zero-order chi connectivity index (χ0) is 34.3. The predicted octanol–water partition coefficient (Wildman–Crippen LogP) is 11.4. The van der Waals surface area contributed by atoms with Gasteiger partial charge in [-0.2, -0.15) is 0 Å². The number of thiophene rings is 1. The number of rotatable bonds is 8. The zero-order valence-corrected chi connectivity index (χ0v) is 29.3. The molecule has 9 rings (SSSR count). The number of allylic oxidation sites excluding steroid dienone is 1. The summed E-state index contributed by atoms with van der Waals surface area (Å²) in [7, 11) is 4.30. The fourth-order valence-corrected chi connectivity index (χ4v) is 8.36. The fourth-order valence-electron chi connectivity index (χ4n) is 7.29. The maximum atomic E-state index is 4.51. The van der Waals surface area contributed by atoms with E-state index in [9.17, 15) is 0 Å². The molecule has 1 aliphatic rings. The highest BCUT2D eigenvalue weighted by atomic mass is 32.1. The van der Waals surface area contributed by atoms with Gasteiger partial charge in [0, 0.05) is 94.3 Å². The van der Waals surface area contributed by atoms with Gasteiger partial charge in [-0.1, -0.05) is 60.7 Å². The minimum absolute atomic E-state index is 0.779. The van der Waals surface area contributed by atoms with E-state index in [1.807, 2.05) is 29.9 Å². The van der Waals surface area contributed by atoms with Crippen LogP contribution >= 0.6 is 11.3 Å². The molecule has 0 unspecified atom stereocenters. The van der Waals surface area contributed by atoms with E-state index in [1.54, 1.807) is 0 Å². The van der Waals surface area contributed by atoms with Gasteiger partial charge >= 0.3 is 0 Å². The van der Waals surface area contributed by atoms with Crippen LogP contribution in [0.4, 0.5) is 28.7 Å². The molecule has 4 aromatic heterocycles. The largest absolute Gasteiger partial charge is 0.330 e. The Hall–Kier alpha value is -6.18. The predicted molar refractivity (Wildman–Crippen MR) is 215 cm³/mol. The molecule has 5 heterocycles. The molecule has 51 heavy (non-hydrogen) atoms. The van der Waals surface area contributed by atoms with Crippen LogP contribution in [0.25, 0.3) is 42.7 Å². The number of hydrogen-bond acceptors (Lipinski definition) is 5. The summed E-state index contributed by atoms with van der Waals surface area (Å²) in [5.41, 5.74) is 9.24. The molecule has 1 aliphatic heterocycles. The molecule has 7 heteroatoms. The standard InChI is InChI=1S/C44H36N6S/c1-47-39(31-9-5-3-6-10-31)15-19-43(47)49(33-21-25-45-26-22-33)35-13-17-41-37(29-35)38-30-36(14-18-42(38)51-41)50(34-23-27-46-28-24-34)44-20-16-40(48(44)2)32-11-7-4-8-12-32/h3-23,25-27,29-30H,24,28H2,1-2H3. The molecule has 0 saturated carbocycles. The van der Waals surface area contributed by atoms with Gasteiger partial charge in [0.25, 0.3) is 0 Å². The van der Waals surface area contributed by atoms with Crippen LogP contribution < -0.4 is 9.80 Å². The van der Waals surface area contributed by atoms with Gasteiger partial charge in [0.2, 0.25) is 0 Å². The van der Waals surface area contributed by atoms with Gasteiger partial charge in [0.05, 0.1) is 5.69 Å². The van der Waals surface area contributed by atoms with E-state index < -0.39 is 0 Å². The number of dihydropyridines is 1. The summed E-state index contributed by atoms with van der Waals surface area (Å²) in [4.78, 5) is 13.6. The lowest BCUT2D eigenvalue weighted by Crippen LogP contribution is -2.21. The second-order valence-corrected chi connectivity index (χ2v) is 13.9. The molecular formula is C44H36N6S. The second kappa shape index (κ2) is 12.9. The molecule has 0 spiro atoms. The van der Waals surface area contributed by atoms with Gasteiger partial charge < -0.3 is 14.0 Å². The number of hydrogen-bond donors (Lipinski definition) is 0. The Balaban J connectivity index is 1.18. The highest BCUT2D eigenvalue weighted by molar-refractivity contribution is 7.25. The van der Waals surface area contributed by atoms with Crippen molar-refractivity contribution in [2.24, 2.45) is 19.1 Å². The van der Waals surface area contributed by atoms with Crippen LogP contribution in [0.2, 0.25) is 0 Å². The monoisotopic (exact) mass is 680 g/mol. The van der Waals surface area contributed by atoms with Crippen LogP contribution in [-0.4, -0.2) is 26.9 Å². The van der Waals surface area contributed by atoms with Crippen molar-refractivity contribution in [3.05, 3.63) is 158 Å². The van der Waals surface area contributed by atoms with Crippen molar-refractivity contribution in [1.29, 1.82) is 0 Å². The third-order valence-electron chi connectivity index (χ3n) is 9.82. The van der Waals surface area contributed by atoms with Crippen molar-refractivity contribution in [1.82, 2.24) is 14.1 Å². The maximum absolute atomic E-state index is 4.51. The van der Waals surface area contributed by atoms with Crippen molar-refractivity contribution in [2.75, 3.05) is 16.3 Å². The van der Waals surface area contributed by atoms with E-state index in [4.69, 9.17) is 0 Å². The number of benzene rings is 4. The SMILES string of the molecule is Cn1c(-c2ccccc2)ccc1N(C1=CC=NCC1)c1ccc2sc3ccc(N(c4ccncc4)c4ccc(-c5ccccc5)n4C)cc3c2c1. The lowest BCUT2D eigenvalue weighted by molar-refractivity contribution is 0.859. The molecule has 0 N–H and O–H groups in total. The lowest BCUT2D eigenvalue weighted by atomic mass is 10.1. The van der Waals surface area contributed by atoms with Gasteiger partial charge in [-0.15, -0.1) is 11.3 Å². The van der Waals surface area contributed by atoms with Crippen molar-refractivity contribution < 1.29 is 0 Å². The quantitative estimate of drug-likeness (QED) is 0.160. The van der Waals surface area contributed by atoms with Crippen molar-refractivity contribution in [2.45, 2.75) is 6.42 Å². The number of aliphatic imine (C=N–C) groups is 1. The minimum Gasteiger partial charge on any atom is -0.330 e. The van der Waals surface area contributed by atoms with Gasteiger partial charge in [0.1, 0.15) is 11.6 Å². The van der Waals surface area contributed by atoms with Gasteiger partial charge in [-0.3, -0.25) is 14.9 Å². The van der Waals surface area contributed by atoms with Crippen LogP contribution in [0.15, 0.2) is 163 Å². The highest BCUT2D eigenvalue weighted by Crippen LogP contribution is 2.44. The van der Waals surface area contributed by atoms with Crippen LogP contribution in [0.5, 0.6) is 0 Å². The molecule has 6 nitrogen and oxygen atoms in total. The molecule has 0 saturated heterocycles. The normalized spacial score (nSPS) is 12.8. The Morgan fingerprint density at radius 2 is 1.12 bits per heavy atom. The van der Waals surface area contributed by atoms with E-state index in [0.717, 1.165) is 47.4 Å². The molecule has 0 amide bonds. The van der Waals surface area contributed by atoms with E-state index >= 15 is 0 Å². The molecule has 0 fully saturated rings. The Bertz CT molecular complexity index is 2560. The maximum Gasteiger partial charge on any atom is 0.117 e. The smallest absolute Gasteiger partial charge is 0.117 e. The first-order chi connectivity index (χ1) is 25.1. The van der Waals surface area contributed by atoms with Gasteiger partial charge in [-0.25, -0.2) is 0 Å². The molecule has 248 valence electrons. The number of fused-ring (bicyclic) bond motifs is 3. The van der Waals surface area contributed by atoms with Crippen molar-refractivity contribution in [3.8, 4) is 22.5 Å². The van der Waals surface area contributed by atoms with Crippen LogP contribution in [0, 0.1) is 0 Å². The van der Waals surface area contributed by atoms with Crippen LogP contribution in [0.3, 0.4) is 0 Å². The Labute approximate surface area is 301 Å². The summed E-state index contributed by atoms with van der Waals surface area (Å²) in [6.45, 7) is 0.779. The number of nitrogens with zero attached hydrogens (tertiary/aromatic N) is 6. The average molecular weight is 681 g/mol. The molecule has 8 aromatic rings. The van der Waals surface area contributed by atoms with E-state index in [2.05, 4.69) is 183 Å². The molecule has 4 aromatic carbocycles. The summed E-state index contributed by atoms with van der Waals surface area (Å²) in [5.74, 6) is 2.20. The van der Waals surface area contributed by atoms with Crippen LogP contribution in [0.1, 0.15) is 6.42 Å². The number of pyridine rings is 1. The molecule has 0 aliphatic carbocycles. The summed E-state index contributed by atoms with van der Waals surface area (Å²) in [5, 5.41) is 2.48. The highest BCUT2D eigenvalue weighted by Gasteiger charge is 2.22. The zero-order valence-electron chi connectivity index (χ0n) is 28.5. The Morgan fingerprint density at radius 3 is 1.67 bits per heavy atom. The fraction of sp³-hybridized carbons (Fsp3) is 0.0909. The molecule has 0 radical (unpaired) electrons. The first kappa shape index (κ1) is 30.8. The molecule has 0 bridgehead atoms. The number of aromatic nitrogens is 3. The summed E-state index contributed by atoms with van der Waals surface area (Å²) >= 11 is 1.84. The number of anilines is 5. The summed E-state index contributed by atoms with van der Waals surface area (Å²) in [6, 6.07) is 47.9. The molecular weight excluding hydrogens is 645 g/mol. The second-order valence-electron chi connectivity index (χ2n) is 12.8. The Morgan fingerprint density at radius 1 is 0.569 bits per heavy atom. The third-order valence-corrected chi connectivity index (χ3v) is 11.0. The van der Waals surface area contributed by atoms with Crippen molar-refractivity contribution >= 4 is 66.4 Å². The molecule has 0 atom stereocenters. The topological polar surface area (TPSA) is 41.6 Å². The third kappa shape index (κ3) is 5.52. The summed E-state index contributed by atoms with van der Waals surface area (Å²) < 4.78 is 7.10. The first-order valence-corrected chi connectivity index (χ1v) is 18.0. The van der Waals surface area contributed by atoms with Crippen molar-refractivity contribution in [3.63, 3.8) is 0 Å². The minimum atomic E-state index is 0.779. The average Bonchev–Trinajstić information content (AvgIpc) is 3.88. The lowest BCUT2D eigenvalue weighted by Gasteiger charge is -2.29. The van der Waals surface area contributed by atoms with Crippen LogP contribution in [-0.2, 0) is 14.1 Å². The van der Waals surface area contributed by atoms with Gasteiger partial charge in [0.15, 0.2) is 0 Å². The van der Waals surface area contributed by atoms with E-state index in [0.29, 0.717) is 0 Å².